The van der Waals surface area contributed by atoms with Crippen molar-refractivity contribution >= 4 is 15.9 Å². The molecule has 6 nitrogen and oxygen atoms in total. The first kappa shape index (κ1) is 20.8. The molecule has 1 aromatic carbocycles. The molecule has 1 aromatic rings. The molecule has 3 fully saturated rings. The SMILES string of the molecule is CCCC[C@@H]1[C@H]2CCCN3CCC[C@@H](CN1S(=O)(=O)c1ccc(C(N)=O)cc1)[C@@H]23. The van der Waals surface area contributed by atoms with E-state index in [0.29, 0.717) is 30.0 Å². The number of unbranched alkanes of at least 4 members (excludes halogenated alkanes) is 1. The van der Waals surface area contributed by atoms with Crippen molar-refractivity contribution in [3.05, 3.63) is 29.8 Å². The summed E-state index contributed by atoms with van der Waals surface area (Å²) in [7, 11) is -3.61. The number of primary amides is 1. The second kappa shape index (κ2) is 8.36. The predicted octanol–water partition coefficient (Wildman–Crippen LogP) is 2.84. The zero-order chi connectivity index (χ0) is 20.6. The Bertz CT molecular complexity index is 837. The fourth-order valence-electron chi connectivity index (χ4n) is 5.93. The van der Waals surface area contributed by atoms with Crippen molar-refractivity contribution in [3.63, 3.8) is 0 Å². The van der Waals surface area contributed by atoms with Gasteiger partial charge in [-0.1, -0.05) is 19.8 Å². The predicted molar refractivity (Wildman–Crippen MR) is 113 cm³/mol. The van der Waals surface area contributed by atoms with Crippen LogP contribution in [0.4, 0.5) is 0 Å². The van der Waals surface area contributed by atoms with Gasteiger partial charge in [-0.15, -0.1) is 0 Å². The van der Waals surface area contributed by atoms with Crippen molar-refractivity contribution in [3.8, 4) is 0 Å². The number of carbonyl (C=O) groups excluding carboxylic acids is 1. The van der Waals surface area contributed by atoms with Crippen LogP contribution in [0, 0.1) is 11.8 Å². The van der Waals surface area contributed by atoms with Gasteiger partial charge in [0, 0.05) is 24.2 Å². The summed E-state index contributed by atoms with van der Waals surface area (Å²) < 4.78 is 29.2. The van der Waals surface area contributed by atoms with E-state index in [1.807, 2.05) is 4.31 Å². The second-order valence-electron chi connectivity index (χ2n) is 8.91. The van der Waals surface area contributed by atoms with E-state index in [1.165, 1.54) is 37.4 Å². The van der Waals surface area contributed by atoms with Crippen molar-refractivity contribution in [1.82, 2.24) is 9.21 Å². The number of nitrogens with zero attached hydrogens (tertiary/aromatic N) is 2. The van der Waals surface area contributed by atoms with Crippen LogP contribution in [0.1, 0.15) is 62.2 Å². The average molecular weight is 420 g/mol. The molecule has 0 radical (unpaired) electrons. The van der Waals surface area contributed by atoms with E-state index >= 15 is 0 Å². The first-order valence-electron chi connectivity index (χ1n) is 11.1. The Hall–Kier alpha value is -1.44. The number of hydrogen-bond acceptors (Lipinski definition) is 4. The summed E-state index contributed by atoms with van der Waals surface area (Å²) in [5.74, 6) is 0.306. The lowest BCUT2D eigenvalue weighted by molar-refractivity contribution is -0.0523. The van der Waals surface area contributed by atoms with Crippen LogP contribution in [-0.4, -0.2) is 55.2 Å². The van der Waals surface area contributed by atoms with Crippen molar-refractivity contribution in [2.24, 2.45) is 17.6 Å². The number of amides is 1. The van der Waals surface area contributed by atoms with Gasteiger partial charge in [0.25, 0.3) is 0 Å². The summed E-state index contributed by atoms with van der Waals surface area (Å²) in [4.78, 5) is 14.3. The number of benzene rings is 1. The average Bonchev–Trinajstić information content (AvgIpc) is 2.73. The van der Waals surface area contributed by atoms with E-state index < -0.39 is 15.9 Å². The molecule has 4 atom stereocenters. The third-order valence-electron chi connectivity index (χ3n) is 7.22. The Morgan fingerprint density at radius 2 is 1.83 bits per heavy atom. The third kappa shape index (κ3) is 3.84. The minimum absolute atomic E-state index is 0.0675. The van der Waals surface area contributed by atoms with Crippen LogP contribution < -0.4 is 5.73 Å². The smallest absolute Gasteiger partial charge is 0.248 e. The Balaban J connectivity index is 1.68. The van der Waals surface area contributed by atoms with E-state index in [-0.39, 0.29) is 10.9 Å². The Labute approximate surface area is 174 Å². The number of sulfonamides is 1. The molecule has 3 heterocycles. The zero-order valence-corrected chi connectivity index (χ0v) is 18.1. The lowest BCUT2D eigenvalue weighted by Gasteiger charge is -2.57. The van der Waals surface area contributed by atoms with Crippen LogP contribution in [0.25, 0.3) is 0 Å². The molecule has 0 spiro atoms. The number of carbonyl (C=O) groups is 1. The van der Waals surface area contributed by atoms with E-state index in [0.717, 1.165) is 44.9 Å². The van der Waals surface area contributed by atoms with Gasteiger partial charge in [0.2, 0.25) is 15.9 Å². The number of piperidine rings is 3. The van der Waals surface area contributed by atoms with Gasteiger partial charge < -0.3 is 5.73 Å². The lowest BCUT2D eigenvalue weighted by Crippen LogP contribution is -2.65. The summed E-state index contributed by atoms with van der Waals surface area (Å²) >= 11 is 0. The molecule has 3 aliphatic rings. The topological polar surface area (TPSA) is 83.7 Å². The van der Waals surface area contributed by atoms with Gasteiger partial charge in [0.1, 0.15) is 0 Å². The van der Waals surface area contributed by atoms with Gasteiger partial charge in [-0.25, -0.2) is 8.42 Å². The van der Waals surface area contributed by atoms with Gasteiger partial charge in [0.05, 0.1) is 4.90 Å². The minimum atomic E-state index is -3.61. The fourth-order valence-corrected chi connectivity index (χ4v) is 7.69. The highest BCUT2D eigenvalue weighted by Gasteiger charge is 2.51. The minimum Gasteiger partial charge on any atom is -0.366 e. The standard InChI is InChI=1S/C22H33N3O3S/c1-2-3-8-20-19-7-5-14-24-13-4-6-17(21(19)24)15-25(20)29(27,28)18-11-9-16(10-12-18)22(23)26/h9-12,17,19-21H,2-8,13-15H2,1H3,(H2,23,26)/t17-,19+,20+,21-/m0/s1. The van der Waals surface area contributed by atoms with Gasteiger partial charge >= 0.3 is 0 Å². The Kier molecular flexibility index (Phi) is 6.00. The maximum Gasteiger partial charge on any atom is 0.248 e. The molecule has 0 bridgehead atoms. The molecule has 4 rings (SSSR count). The molecular weight excluding hydrogens is 386 g/mol. The number of hydrogen-bond donors (Lipinski definition) is 1. The highest BCUT2D eigenvalue weighted by molar-refractivity contribution is 7.89. The molecule has 3 aliphatic heterocycles. The van der Waals surface area contributed by atoms with Crippen LogP contribution in [-0.2, 0) is 10.0 Å². The van der Waals surface area contributed by atoms with Crippen molar-refractivity contribution < 1.29 is 13.2 Å². The maximum atomic E-state index is 13.7. The molecule has 2 N–H and O–H groups in total. The number of nitrogens with two attached hydrogens (primary N) is 1. The quantitative estimate of drug-likeness (QED) is 0.768. The van der Waals surface area contributed by atoms with Gasteiger partial charge in [0.15, 0.2) is 0 Å². The molecule has 160 valence electrons. The van der Waals surface area contributed by atoms with E-state index in [2.05, 4.69) is 11.8 Å². The highest BCUT2D eigenvalue weighted by Crippen LogP contribution is 2.44. The van der Waals surface area contributed by atoms with E-state index in [1.54, 1.807) is 0 Å². The summed E-state index contributed by atoms with van der Waals surface area (Å²) in [6, 6.07) is 6.72. The van der Waals surface area contributed by atoms with Crippen molar-refractivity contribution in [2.45, 2.75) is 68.8 Å². The van der Waals surface area contributed by atoms with E-state index in [9.17, 15) is 13.2 Å². The van der Waals surface area contributed by atoms with E-state index in [4.69, 9.17) is 5.73 Å². The normalized spacial score (nSPS) is 30.7. The molecule has 29 heavy (non-hydrogen) atoms. The Morgan fingerprint density at radius 3 is 2.48 bits per heavy atom. The first-order valence-corrected chi connectivity index (χ1v) is 12.5. The first-order chi connectivity index (χ1) is 13.9. The molecule has 0 unspecified atom stereocenters. The third-order valence-corrected chi connectivity index (χ3v) is 9.13. The molecule has 3 saturated heterocycles. The molecule has 0 saturated carbocycles. The Morgan fingerprint density at radius 1 is 1.14 bits per heavy atom. The second-order valence-corrected chi connectivity index (χ2v) is 10.8. The van der Waals surface area contributed by atoms with Crippen LogP contribution in [0.15, 0.2) is 29.2 Å². The molecular formula is C22H33N3O3S. The summed E-state index contributed by atoms with van der Waals surface area (Å²) in [6.07, 6.45) is 7.61. The largest absolute Gasteiger partial charge is 0.366 e. The van der Waals surface area contributed by atoms with Crippen LogP contribution >= 0.6 is 0 Å². The molecule has 0 aromatic heterocycles. The lowest BCUT2D eigenvalue weighted by atomic mass is 9.70. The van der Waals surface area contributed by atoms with Gasteiger partial charge in [-0.2, -0.15) is 4.31 Å². The van der Waals surface area contributed by atoms with Crippen LogP contribution in [0.5, 0.6) is 0 Å². The molecule has 1 amide bonds. The van der Waals surface area contributed by atoms with Crippen molar-refractivity contribution in [1.29, 1.82) is 0 Å². The van der Waals surface area contributed by atoms with Crippen molar-refractivity contribution in [2.75, 3.05) is 19.6 Å². The van der Waals surface area contributed by atoms with Crippen LogP contribution in [0.2, 0.25) is 0 Å². The fraction of sp³-hybridized carbons (Fsp3) is 0.682. The summed E-state index contributed by atoms with van der Waals surface area (Å²) in [5, 5.41) is 0. The van der Waals surface area contributed by atoms with Crippen LogP contribution in [0.3, 0.4) is 0 Å². The zero-order valence-electron chi connectivity index (χ0n) is 17.3. The van der Waals surface area contributed by atoms with Gasteiger partial charge in [-0.3, -0.25) is 9.69 Å². The molecule has 7 heteroatoms. The highest BCUT2D eigenvalue weighted by atomic mass is 32.2. The maximum absolute atomic E-state index is 13.7. The summed E-state index contributed by atoms with van der Waals surface area (Å²) in [5.41, 5.74) is 5.65. The summed E-state index contributed by atoms with van der Waals surface area (Å²) in [6.45, 7) is 5.12. The van der Waals surface area contributed by atoms with Gasteiger partial charge in [-0.05, 0) is 81.3 Å². The monoisotopic (exact) mass is 419 g/mol. The number of rotatable bonds is 6. The molecule has 0 aliphatic carbocycles.